The molecule has 3 rings (SSSR count). The van der Waals surface area contributed by atoms with Gasteiger partial charge in [-0.25, -0.2) is 4.98 Å². The van der Waals surface area contributed by atoms with Crippen LogP contribution in [-0.4, -0.2) is 28.1 Å². The number of anilines is 1. The molecule has 1 amide bonds. The molecule has 1 unspecified atom stereocenters. The molecular weight excluding hydrogens is 310 g/mol. The number of carbonyl (C=O) groups is 1. The Balaban J connectivity index is 1.61. The molecule has 0 aliphatic carbocycles. The topological polar surface area (TPSA) is 59.2 Å². The third-order valence-corrected chi connectivity index (χ3v) is 6.26. The molecule has 2 N–H and O–H groups in total. The van der Waals surface area contributed by atoms with E-state index in [1.54, 1.807) is 17.5 Å². The monoisotopic (exact) mass is 325 g/mol. The Kier molecular flexibility index (Phi) is 4.28. The second-order valence-electron chi connectivity index (χ2n) is 4.57. The van der Waals surface area contributed by atoms with Gasteiger partial charge in [-0.3, -0.25) is 4.79 Å². The molecule has 0 saturated carbocycles. The standard InChI is InChI=1S/C13H15N3OS3/c14-13-15-7-12(20-13)19-8-11(17)16-5-1-3-9(16)10-4-2-6-18-10/h2,4,6-7,9H,1,3,5,8H2,(H2,14,15). The van der Waals surface area contributed by atoms with Gasteiger partial charge in [0.1, 0.15) is 0 Å². The Bertz CT molecular complexity index is 581. The molecule has 106 valence electrons. The molecule has 1 aliphatic heterocycles. The molecule has 0 radical (unpaired) electrons. The SMILES string of the molecule is Nc1ncc(SCC(=O)N2CCCC2c2cccs2)s1. The summed E-state index contributed by atoms with van der Waals surface area (Å²) < 4.78 is 1.00. The van der Waals surface area contributed by atoms with Crippen molar-refractivity contribution in [3.05, 3.63) is 28.6 Å². The molecule has 0 spiro atoms. The summed E-state index contributed by atoms with van der Waals surface area (Å²) in [7, 11) is 0. The predicted molar refractivity (Wildman–Crippen MR) is 85.3 cm³/mol. The first-order valence-corrected chi connectivity index (χ1v) is 9.09. The van der Waals surface area contributed by atoms with Crippen LogP contribution in [0.4, 0.5) is 5.13 Å². The summed E-state index contributed by atoms with van der Waals surface area (Å²) in [5.74, 6) is 0.668. The number of aromatic nitrogens is 1. The zero-order valence-corrected chi connectivity index (χ0v) is 13.3. The second-order valence-corrected chi connectivity index (χ2v) is 7.88. The van der Waals surface area contributed by atoms with Gasteiger partial charge >= 0.3 is 0 Å². The second kappa shape index (κ2) is 6.15. The third-order valence-electron chi connectivity index (χ3n) is 3.29. The van der Waals surface area contributed by atoms with Gasteiger partial charge in [0.05, 0.1) is 22.2 Å². The number of thiazole rings is 1. The van der Waals surface area contributed by atoms with E-state index in [0.717, 1.165) is 23.6 Å². The van der Waals surface area contributed by atoms with Gasteiger partial charge in [-0.1, -0.05) is 17.4 Å². The molecule has 0 aromatic carbocycles. The van der Waals surface area contributed by atoms with Crippen molar-refractivity contribution in [3.63, 3.8) is 0 Å². The van der Waals surface area contributed by atoms with E-state index >= 15 is 0 Å². The van der Waals surface area contributed by atoms with Crippen molar-refractivity contribution in [1.29, 1.82) is 0 Å². The lowest BCUT2D eigenvalue weighted by Crippen LogP contribution is -2.31. The first-order chi connectivity index (χ1) is 9.74. The highest BCUT2D eigenvalue weighted by molar-refractivity contribution is 8.01. The number of nitrogen functional groups attached to an aromatic ring is 1. The molecule has 2 aromatic rings. The van der Waals surface area contributed by atoms with E-state index in [0.29, 0.717) is 10.9 Å². The molecule has 7 heteroatoms. The summed E-state index contributed by atoms with van der Waals surface area (Å²) in [6, 6.07) is 4.45. The molecule has 4 nitrogen and oxygen atoms in total. The number of hydrogen-bond acceptors (Lipinski definition) is 6. The minimum Gasteiger partial charge on any atom is -0.375 e. The number of thiophene rings is 1. The number of carbonyl (C=O) groups excluding carboxylic acids is 1. The Morgan fingerprint density at radius 3 is 3.20 bits per heavy atom. The molecule has 1 fully saturated rings. The maximum absolute atomic E-state index is 12.4. The molecule has 1 atom stereocenters. The van der Waals surface area contributed by atoms with Gasteiger partial charge in [-0.15, -0.1) is 23.1 Å². The average molecular weight is 325 g/mol. The van der Waals surface area contributed by atoms with Gasteiger partial charge in [0.25, 0.3) is 0 Å². The van der Waals surface area contributed by atoms with Gasteiger partial charge in [0, 0.05) is 11.4 Å². The van der Waals surface area contributed by atoms with Crippen LogP contribution in [0, 0.1) is 0 Å². The minimum atomic E-state index is 0.206. The molecular formula is C13H15N3OS3. The fourth-order valence-corrected chi connectivity index (χ4v) is 4.91. The van der Waals surface area contributed by atoms with Crippen LogP contribution in [0.3, 0.4) is 0 Å². The van der Waals surface area contributed by atoms with Crippen LogP contribution >= 0.6 is 34.4 Å². The van der Waals surface area contributed by atoms with Crippen LogP contribution in [0.25, 0.3) is 0 Å². The lowest BCUT2D eigenvalue weighted by atomic mass is 10.2. The highest BCUT2D eigenvalue weighted by Gasteiger charge is 2.30. The summed E-state index contributed by atoms with van der Waals surface area (Å²) in [6.07, 6.45) is 3.90. The third kappa shape index (κ3) is 2.99. The van der Waals surface area contributed by atoms with Crippen LogP contribution in [0.1, 0.15) is 23.8 Å². The number of amides is 1. The van der Waals surface area contributed by atoms with E-state index in [1.165, 1.54) is 28.0 Å². The summed E-state index contributed by atoms with van der Waals surface area (Å²) in [5, 5.41) is 2.63. The normalized spacial score (nSPS) is 18.6. The van der Waals surface area contributed by atoms with E-state index < -0.39 is 0 Å². The van der Waals surface area contributed by atoms with Crippen molar-refractivity contribution >= 4 is 45.5 Å². The lowest BCUT2D eigenvalue weighted by molar-refractivity contribution is -0.129. The van der Waals surface area contributed by atoms with Crippen LogP contribution in [0.15, 0.2) is 27.9 Å². The Labute approximate surface area is 130 Å². The summed E-state index contributed by atoms with van der Waals surface area (Å²) in [4.78, 5) is 19.7. The van der Waals surface area contributed by atoms with Gasteiger partial charge in [-0.05, 0) is 24.3 Å². The number of hydrogen-bond donors (Lipinski definition) is 1. The van der Waals surface area contributed by atoms with E-state index in [9.17, 15) is 4.79 Å². The molecule has 20 heavy (non-hydrogen) atoms. The van der Waals surface area contributed by atoms with Gasteiger partial charge in [-0.2, -0.15) is 0 Å². The van der Waals surface area contributed by atoms with Gasteiger partial charge in [0.2, 0.25) is 5.91 Å². The van der Waals surface area contributed by atoms with Gasteiger partial charge in [0.15, 0.2) is 5.13 Å². The highest BCUT2D eigenvalue weighted by Crippen LogP contribution is 2.35. The molecule has 3 heterocycles. The van der Waals surface area contributed by atoms with Crippen molar-refractivity contribution < 1.29 is 4.79 Å². The van der Waals surface area contributed by atoms with Crippen molar-refractivity contribution in [2.45, 2.75) is 23.1 Å². The fraction of sp³-hybridized carbons (Fsp3) is 0.385. The maximum Gasteiger partial charge on any atom is 0.233 e. The van der Waals surface area contributed by atoms with Crippen LogP contribution in [0.2, 0.25) is 0 Å². The Hall–Kier alpha value is -1.05. The maximum atomic E-state index is 12.4. The Morgan fingerprint density at radius 1 is 1.60 bits per heavy atom. The summed E-state index contributed by atoms with van der Waals surface area (Å²) in [6.45, 7) is 0.868. The lowest BCUT2D eigenvalue weighted by Gasteiger charge is -2.23. The molecule has 2 aromatic heterocycles. The van der Waals surface area contributed by atoms with E-state index in [2.05, 4.69) is 22.5 Å². The first kappa shape index (κ1) is 13.9. The largest absolute Gasteiger partial charge is 0.375 e. The number of likely N-dealkylation sites (tertiary alicyclic amines) is 1. The number of thioether (sulfide) groups is 1. The fourth-order valence-electron chi connectivity index (χ4n) is 2.40. The van der Waals surface area contributed by atoms with Crippen molar-refractivity contribution in [2.24, 2.45) is 0 Å². The minimum absolute atomic E-state index is 0.206. The average Bonchev–Trinajstić information content (AvgIpc) is 3.16. The number of nitrogens with zero attached hydrogens (tertiary/aromatic N) is 2. The zero-order chi connectivity index (χ0) is 13.9. The zero-order valence-electron chi connectivity index (χ0n) is 10.8. The van der Waals surface area contributed by atoms with E-state index in [1.807, 2.05) is 4.90 Å². The summed E-state index contributed by atoms with van der Waals surface area (Å²) >= 11 is 4.69. The van der Waals surface area contributed by atoms with E-state index in [-0.39, 0.29) is 11.9 Å². The van der Waals surface area contributed by atoms with E-state index in [4.69, 9.17) is 5.73 Å². The highest BCUT2D eigenvalue weighted by atomic mass is 32.2. The van der Waals surface area contributed by atoms with Crippen LogP contribution in [0.5, 0.6) is 0 Å². The molecule has 1 aliphatic rings. The first-order valence-electron chi connectivity index (χ1n) is 6.41. The molecule has 0 bridgehead atoms. The van der Waals surface area contributed by atoms with Crippen molar-refractivity contribution in [3.8, 4) is 0 Å². The van der Waals surface area contributed by atoms with Crippen LogP contribution in [-0.2, 0) is 4.79 Å². The predicted octanol–water partition coefficient (Wildman–Crippen LogP) is 3.24. The van der Waals surface area contributed by atoms with Gasteiger partial charge < -0.3 is 10.6 Å². The summed E-state index contributed by atoms with van der Waals surface area (Å²) in [5.41, 5.74) is 5.59. The number of rotatable bonds is 4. The number of nitrogens with two attached hydrogens (primary N) is 1. The molecule has 1 saturated heterocycles. The van der Waals surface area contributed by atoms with Crippen molar-refractivity contribution in [2.75, 3.05) is 18.0 Å². The van der Waals surface area contributed by atoms with Crippen molar-refractivity contribution in [1.82, 2.24) is 9.88 Å². The quantitative estimate of drug-likeness (QED) is 0.877. The van der Waals surface area contributed by atoms with Crippen LogP contribution < -0.4 is 5.73 Å². The smallest absolute Gasteiger partial charge is 0.233 e. The Morgan fingerprint density at radius 2 is 2.50 bits per heavy atom.